The van der Waals surface area contributed by atoms with E-state index in [0.29, 0.717) is 46.2 Å². The van der Waals surface area contributed by atoms with Gasteiger partial charge in [-0.15, -0.1) is 0 Å². The molecule has 6 heteroatoms. The Morgan fingerprint density at radius 3 is 2.35 bits per heavy atom. The second kappa shape index (κ2) is 7.46. The van der Waals surface area contributed by atoms with E-state index >= 15 is 0 Å². The summed E-state index contributed by atoms with van der Waals surface area (Å²) < 4.78 is 0. The summed E-state index contributed by atoms with van der Waals surface area (Å²) in [6.07, 6.45) is 3.03. The van der Waals surface area contributed by atoms with Crippen LogP contribution in [0.2, 0.25) is 5.02 Å². The number of aromatic carboxylic acids is 1. The number of likely N-dealkylation sites (tertiary alicyclic amines) is 1. The Morgan fingerprint density at radius 1 is 1.08 bits per heavy atom. The van der Waals surface area contributed by atoms with Crippen LogP contribution in [-0.2, 0) is 0 Å². The molecule has 1 aromatic heterocycles. The zero-order valence-electron chi connectivity index (χ0n) is 14.9. The molecule has 136 valence electrons. The highest BCUT2D eigenvalue weighted by atomic mass is 35.5. The molecular formula is C20H21ClN2O3. The molecule has 2 aromatic rings. The van der Waals surface area contributed by atoms with Crippen molar-refractivity contribution in [2.75, 3.05) is 13.1 Å². The number of carboxylic acid groups (broad SMARTS) is 1. The van der Waals surface area contributed by atoms with Crippen LogP contribution in [-0.4, -0.2) is 40.0 Å². The fourth-order valence-electron chi connectivity index (χ4n) is 3.56. The van der Waals surface area contributed by atoms with Gasteiger partial charge in [0.15, 0.2) is 0 Å². The van der Waals surface area contributed by atoms with Gasteiger partial charge in [-0.1, -0.05) is 23.7 Å². The van der Waals surface area contributed by atoms with Crippen LogP contribution in [0.4, 0.5) is 0 Å². The maximum absolute atomic E-state index is 13.2. The zero-order chi connectivity index (χ0) is 18.8. The highest BCUT2D eigenvalue weighted by Gasteiger charge is 2.29. The Morgan fingerprint density at radius 2 is 1.73 bits per heavy atom. The number of amides is 1. The first kappa shape index (κ1) is 18.4. The molecular weight excluding hydrogens is 352 g/mol. The minimum absolute atomic E-state index is 0.0539. The molecule has 1 amide bonds. The predicted octanol–water partition coefficient (Wildman–Crippen LogP) is 4.34. The summed E-state index contributed by atoms with van der Waals surface area (Å²) in [6.45, 7) is 4.77. The smallest absolute Gasteiger partial charge is 0.338 e. The van der Waals surface area contributed by atoms with Gasteiger partial charge in [-0.25, -0.2) is 4.79 Å². The fraction of sp³-hybridized carbons (Fsp3) is 0.350. The summed E-state index contributed by atoms with van der Waals surface area (Å²) in [4.78, 5) is 31.4. The molecule has 5 nitrogen and oxygen atoms in total. The third-order valence-corrected chi connectivity index (χ3v) is 4.98. The number of piperidine rings is 1. The molecule has 1 aliphatic rings. The molecule has 3 rings (SSSR count). The van der Waals surface area contributed by atoms with E-state index in [4.69, 9.17) is 11.6 Å². The predicted molar refractivity (Wildman–Crippen MR) is 101 cm³/mol. The summed E-state index contributed by atoms with van der Waals surface area (Å²) in [6, 6.07) is 6.94. The number of pyridine rings is 1. The molecule has 1 saturated heterocycles. The highest BCUT2D eigenvalue weighted by Crippen LogP contribution is 2.34. The number of halogens is 1. The van der Waals surface area contributed by atoms with Gasteiger partial charge in [0.05, 0.1) is 22.5 Å². The molecule has 0 atom stereocenters. The number of carbonyl (C=O) groups is 2. The van der Waals surface area contributed by atoms with E-state index in [0.717, 1.165) is 19.3 Å². The van der Waals surface area contributed by atoms with Crippen molar-refractivity contribution in [1.82, 2.24) is 9.88 Å². The number of carbonyl (C=O) groups excluding carboxylic acids is 1. The van der Waals surface area contributed by atoms with Crippen molar-refractivity contribution in [3.63, 3.8) is 0 Å². The second-order valence-electron chi connectivity index (χ2n) is 6.58. The Kier molecular flexibility index (Phi) is 5.28. The number of hydrogen-bond donors (Lipinski definition) is 1. The Labute approximate surface area is 157 Å². The summed E-state index contributed by atoms with van der Waals surface area (Å²) in [5, 5.41) is 10.3. The lowest BCUT2D eigenvalue weighted by Crippen LogP contribution is -2.36. The van der Waals surface area contributed by atoms with Crippen LogP contribution in [0.5, 0.6) is 0 Å². The van der Waals surface area contributed by atoms with Gasteiger partial charge in [0, 0.05) is 23.7 Å². The number of rotatable bonds is 3. The molecule has 0 unspecified atom stereocenters. The number of aryl methyl sites for hydroxylation is 2. The minimum atomic E-state index is -1.10. The molecule has 1 fully saturated rings. The van der Waals surface area contributed by atoms with E-state index in [1.807, 2.05) is 0 Å². The third-order valence-electron chi connectivity index (χ3n) is 4.74. The van der Waals surface area contributed by atoms with Gasteiger partial charge in [-0.3, -0.25) is 9.78 Å². The zero-order valence-corrected chi connectivity index (χ0v) is 15.6. The fourth-order valence-corrected chi connectivity index (χ4v) is 3.75. The molecule has 0 spiro atoms. The Bertz CT molecular complexity index is 874. The number of carboxylic acids is 1. The Balaban J connectivity index is 2.27. The maximum atomic E-state index is 13.2. The lowest BCUT2D eigenvalue weighted by atomic mass is 9.91. The molecule has 2 heterocycles. The van der Waals surface area contributed by atoms with Crippen LogP contribution in [0, 0.1) is 13.8 Å². The summed E-state index contributed by atoms with van der Waals surface area (Å²) >= 11 is 6.13. The summed E-state index contributed by atoms with van der Waals surface area (Å²) in [5.41, 5.74) is 2.36. The van der Waals surface area contributed by atoms with E-state index in [1.54, 1.807) is 43.0 Å². The largest absolute Gasteiger partial charge is 0.478 e. The average Bonchev–Trinajstić information content (AvgIpc) is 2.61. The van der Waals surface area contributed by atoms with Crippen LogP contribution in [0.3, 0.4) is 0 Å². The van der Waals surface area contributed by atoms with Gasteiger partial charge < -0.3 is 10.0 Å². The van der Waals surface area contributed by atoms with Crippen molar-refractivity contribution in [2.45, 2.75) is 33.1 Å². The standard InChI is InChI=1S/C20H21ClN2O3/c1-12-16(19(24)23-9-4-3-5-10-23)18(14-7-6-8-15(21)11-14)17(20(25)26)13(2)22-12/h6-8,11H,3-5,9-10H2,1-2H3,(H,25,26). The maximum Gasteiger partial charge on any atom is 0.338 e. The van der Waals surface area contributed by atoms with Crippen LogP contribution < -0.4 is 0 Å². The lowest BCUT2D eigenvalue weighted by molar-refractivity contribution is 0.0696. The van der Waals surface area contributed by atoms with Gasteiger partial charge in [-0.05, 0) is 50.8 Å². The molecule has 0 bridgehead atoms. The van der Waals surface area contributed by atoms with Crippen LogP contribution >= 0.6 is 11.6 Å². The second-order valence-corrected chi connectivity index (χ2v) is 7.01. The molecule has 0 aliphatic carbocycles. The van der Waals surface area contributed by atoms with E-state index in [2.05, 4.69) is 4.98 Å². The van der Waals surface area contributed by atoms with Crippen LogP contribution in [0.25, 0.3) is 11.1 Å². The molecule has 1 N–H and O–H groups in total. The lowest BCUT2D eigenvalue weighted by Gasteiger charge is -2.28. The third kappa shape index (κ3) is 3.44. The monoisotopic (exact) mass is 372 g/mol. The van der Waals surface area contributed by atoms with Gasteiger partial charge in [0.2, 0.25) is 0 Å². The van der Waals surface area contributed by atoms with Crippen molar-refractivity contribution in [2.24, 2.45) is 0 Å². The van der Waals surface area contributed by atoms with Gasteiger partial charge in [0.1, 0.15) is 0 Å². The minimum Gasteiger partial charge on any atom is -0.478 e. The normalized spacial score (nSPS) is 14.3. The first-order valence-corrected chi connectivity index (χ1v) is 9.07. The highest BCUT2D eigenvalue weighted by molar-refractivity contribution is 6.31. The number of hydrogen-bond acceptors (Lipinski definition) is 3. The number of nitrogens with zero attached hydrogens (tertiary/aromatic N) is 2. The van der Waals surface area contributed by atoms with E-state index in [9.17, 15) is 14.7 Å². The summed E-state index contributed by atoms with van der Waals surface area (Å²) in [7, 11) is 0. The van der Waals surface area contributed by atoms with E-state index < -0.39 is 5.97 Å². The number of benzene rings is 1. The first-order chi connectivity index (χ1) is 12.4. The van der Waals surface area contributed by atoms with Crippen molar-refractivity contribution < 1.29 is 14.7 Å². The van der Waals surface area contributed by atoms with Crippen LogP contribution in [0.15, 0.2) is 24.3 Å². The molecule has 0 radical (unpaired) electrons. The van der Waals surface area contributed by atoms with Gasteiger partial charge in [0.25, 0.3) is 5.91 Å². The van der Waals surface area contributed by atoms with E-state index in [-0.39, 0.29) is 11.5 Å². The molecule has 26 heavy (non-hydrogen) atoms. The van der Waals surface area contributed by atoms with Crippen molar-refractivity contribution in [1.29, 1.82) is 0 Å². The van der Waals surface area contributed by atoms with Gasteiger partial charge >= 0.3 is 5.97 Å². The molecule has 1 aliphatic heterocycles. The Hall–Kier alpha value is -2.40. The van der Waals surface area contributed by atoms with Crippen LogP contribution in [0.1, 0.15) is 51.4 Å². The average molecular weight is 373 g/mol. The van der Waals surface area contributed by atoms with E-state index in [1.165, 1.54) is 0 Å². The molecule has 1 aromatic carbocycles. The first-order valence-electron chi connectivity index (χ1n) is 8.70. The SMILES string of the molecule is Cc1nc(C)c(C(=O)N2CCCCC2)c(-c2cccc(Cl)c2)c1C(=O)O. The topological polar surface area (TPSA) is 70.5 Å². The summed E-state index contributed by atoms with van der Waals surface area (Å²) in [5.74, 6) is -1.26. The van der Waals surface area contributed by atoms with Crippen molar-refractivity contribution >= 4 is 23.5 Å². The molecule has 0 saturated carbocycles. The number of aromatic nitrogens is 1. The van der Waals surface area contributed by atoms with Gasteiger partial charge in [-0.2, -0.15) is 0 Å². The quantitative estimate of drug-likeness (QED) is 0.869. The van der Waals surface area contributed by atoms with Crippen molar-refractivity contribution in [3.8, 4) is 11.1 Å². The van der Waals surface area contributed by atoms with Crippen molar-refractivity contribution in [3.05, 3.63) is 51.8 Å².